The molecule has 0 radical (unpaired) electrons. The molecule has 0 aromatic heterocycles. The maximum Gasteiger partial charge on any atom is 0.122 e. The fourth-order valence-electron chi connectivity index (χ4n) is 4.98. The molecule has 2 nitrogen and oxygen atoms in total. The summed E-state index contributed by atoms with van der Waals surface area (Å²) in [6, 6.07) is 13.6. The van der Waals surface area contributed by atoms with Crippen LogP contribution >= 0.6 is 0 Å². The largest absolute Gasteiger partial charge is 0.496 e. The van der Waals surface area contributed by atoms with Gasteiger partial charge in [0.1, 0.15) is 5.75 Å². The summed E-state index contributed by atoms with van der Waals surface area (Å²) < 4.78 is 5.68. The molecule has 2 unspecified atom stereocenters. The summed E-state index contributed by atoms with van der Waals surface area (Å²) in [5, 5.41) is 0. The molecule has 0 fully saturated rings. The number of methoxy groups -OCH3 is 1. The van der Waals surface area contributed by atoms with Crippen LogP contribution in [0, 0.1) is 26.7 Å². The maximum atomic E-state index is 5.68. The van der Waals surface area contributed by atoms with Crippen molar-refractivity contribution in [3.63, 3.8) is 0 Å². The van der Waals surface area contributed by atoms with Gasteiger partial charge in [-0.3, -0.25) is 0 Å². The second kappa shape index (κ2) is 9.93. The molecular weight excluding hydrogens is 414 g/mol. The van der Waals surface area contributed by atoms with Crippen LogP contribution in [0.2, 0.25) is 0 Å². The number of rotatable bonds is 5. The van der Waals surface area contributed by atoms with Gasteiger partial charge in [-0.2, -0.15) is 0 Å². The van der Waals surface area contributed by atoms with E-state index in [1.807, 2.05) is 0 Å². The van der Waals surface area contributed by atoms with Crippen molar-refractivity contribution in [1.29, 1.82) is 0 Å². The summed E-state index contributed by atoms with van der Waals surface area (Å²) in [7, 11) is 1.75. The van der Waals surface area contributed by atoms with Gasteiger partial charge in [-0.1, -0.05) is 67.1 Å². The number of hydrogen-bond donors (Lipinski definition) is 0. The second-order valence-electron chi connectivity index (χ2n) is 9.69. The first kappa shape index (κ1) is 23.9. The van der Waals surface area contributed by atoms with Crippen molar-refractivity contribution >= 4 is 11.3 Å². The fourth-order valence-corrected chi connectivity index (χ4v) is 4.98. The number of aryl methyl sites for hydroxylation is 2. The third kappa shape index (κ3) is 4.68. The van der Waals surface area contributed by atoms with Crippen molar-refractivity contribution in [2.75, 3.05) is 7.11 Å². The molecule has 4 rings (SSSR count). The summed E-state index contributed by atoms with van der Waals surface area (Å²) in [5.41, 5.74) is 11.5. The van der Waals surface area contributed by atoms with E-state index >= 15 is 0 Å². The first-order valence-electron chi connectivity index (χ1n) is 12.3. The first-order chi connectivity index (χ1) is 16.3. The molecule has 2 aliphatic rings. The van der Waals surface area contributed by atoms with Gasteiger partial charge in [0.05, 0.1) is 7.11 Å². The number of nitrogens with zero attached hydrogens (tertiary/aromatic N) is 1. The minimum Gasteiger partial charge on any atom is -0.496 e. The molecule has 1 aliphatic heterocycles. The molecular formula is C32H37NO. The lowest BCUT2D eigenvalue weighted by molar-refractivity contribution is 0.410. The topological polar surface area (TPSA) is 12.5 Å². The molecule has 0 spiro atoms. The normalized spacial score (nSPS) is 20.6. The Hall–Kier alpha value is -3.26. The fraction of sp³-hybridized carbons (Fsp3) is 0.312. The van der Waals surface area contributed by atoms with Crippen LogP contribution in [-0.4, -0.2) is 18.1 Å². The molecule has 2 aromatic carbocycles. The first-order valence-corrected chi connectivity index (χ1v) is 12.3. The molecule has 0 saturated heterocycles. The maximum absolute atomic E-state index is 5.68. The lowest BCUT2D eigenvalue weighted by Crippen LogP contribution is -2.28. The van der Waals surface area contributed by atoms with E-state index in [0.29, 0.717) is 5.92 Å². The quantitative estimate of drug-likeness (QED) is 0.454. The molecule has 0 bridgehead atoms. The average molecular weight is 452 g/mol. The molecule has 176 valence electrons. The summed E-state index contributed by atoms with van der Waals surface area (Å²) >= 11 is 0. The Morgan fingerprint density at radius 3 is 2.53 bits per heavy atom. The number of allylic oxidation sites excluding steroid dienone is 7. The second-order valence-corrected chi connectivity index (χ2v) is 9.69. The van der Waals surface area contributed by atoms with Gasteiger partial charge in [0.15, 0.2) is 0 Å². The van der Waals surface area contributed by atoms with E-state index in [-0.39, 0.29) is 6.04 Å². The Kier molecular flexibility index (Phi) is 6.97. The zero-order chi connectivity index (χ0) is 24.4. The highest BCUT2D eigenvalue weighted by molar-refractivity contribution is 5.79. The number of ether oxygens (including phenoxy) is 1. The third-order valence-electron chi connectivity index (χ3n) is 7.08. The van der Waals surface area contributed by atoms with E-state index in [1.165, 1.54) is 50.2 Å². The van der Waals surface area contributed by atoms with Crippen molar-refractivity contribution in [2.24, 2.45) is 5.92 Å². The van der Waals surface area contributed by atoms with Crippen LogP contribution in [0.5, 0.6) is 5.75 Å². The zero-order valence-electron chi connectivity index (χ0n) is 21.6. The van der Waals surface area contributed by atoms with Gasteiger partial charge in [0.2, 0.25) is 0 Å². The van der Waals surface area contributed by atoms with Crippen molar-refractivity contribution in [1.82, 2.24) is 4.90 Å². The Balaban J connectivity index is 1.80. The summed E-state index contributed by atoms with van der Waals surface area (Å²) in [4.78, 5) is 2.39. The van der Waals surface area contributed by atoms with Crippen molar-refractivity contribution in [3.8, 4) is 5.75 Å². The zero-order valence-corrected chi connectivity index (χ0v) is 21.6. The van der Waals surface area contributed by atoms with Gasteiger partial charge in [-0.25, -0.2) is 0 Å². The number of benzene rings is 2. The standard InChI is InChI=1S/C32H37NO/c1-8-31(28-18-23(4)25(6)32(19-28)34-7)33-20-27(14-13-24(33)5)29-15-12-22(3)17-30(29)26-11-9-10-21(2)16-26/h8-16,18-20,22,24H,17H2,1-7H3/b31-8-. The van der Waals surface area contributed by atoms with Crippen molar-refractivity contribution in [3.05, 3.63) is 112 Å². The molecule has 1 heterocycles. The van der Waals surface area contributed by atoms with Gasteiger partial charge < -0.3 is 9.64 Å². The summed E-state index contributed by atoms with van der Waals surface area (Å²) in [5.74, 6) is 1.48. The molecule has 0 N–H and O–H groups in total. The minimum absolute atomic E-state index is 0.261. The van der Waals surface area contributed by atoms with E-state index in [1.54, 1.807) is 7.11 Å². The Bertz CT molecular complexity index is 1240. The highest BCUT2D eigenvalue weighted by Crippen LogP contribution is 2.38. The van der Waals surface area contributed by atoms with Gasteiger partial charge >= 0.3 is 0 Å². The number of hydrogen-bond acceptors (Lipinski definition) is 2. The molecule has 2 heteroatoms. The van der Waals surface area contributed by atoms with E-state index in [0.717, 1.165) is 12.2 Å². The molecule has 0 saturated carbocycles. The summed E-state index contributed by atoms with van der Waals surface area (Å²) in [6.45, 7) is 13.1. The van der Waals surface area contributed by atoms with Crippen molar-refractivity contribution in [2.45, 2.75) is 54.0 Å². The van der Waals surface area contributed by atoms with E-state index < -0.39 is 0 Å². The van der Waals surface area contributed by atoms with Crippen LogP contribution in [0.3, 0.4) is 0 Å². The van der Waals surface area contributed by atoms with Gasteiger partial charge in [0, 0.05) is 23.5 Å². The van der Waals surface area contributed by atoms with Crippen LogP contribution in [-0.2, 0) is 0 Å². The van der Waals surface area contributed by atoms with E-state index in [4.69, 9.17) is 4.74 Å². The predicted molar refractivity (Wildman–Crippen MR) is 146 cm³/mol. The van der Waals surface area contributed by atoms with Crippen LogP contribution in [0.4, 0.5) is 0 Å². The van der Waals surface area contributed by atoms with Crippen LogP contribution in [0.1, 0.15) is 55.0 Å². The molecule has 0 amide bonds. The monoisotopic (exact) mass is 451 g/mol. The van der Waals surface area contributed by atoms with E-state index in [9.17, 15) is 0 Å². The SMILES string of the molecule is C/C=C(/c1cc(C)c(C)c(OC)c1)N1C=C(C2=C(c3cccc(C)c3)CC(C)C=C2)C=CC1C. The predicted octanol–water partition coefficient (Wildman–Crippen LogP) is 8.18. The van der Waals surface area contributed by atoms with Gasteiger partial charge in [-0.05, 0) is 92.5 Å². The highest BCUT2D eigenvalue weighted by Gasteiger charge is 2.23. The van der Waals surface area contributed by atoms with Crippen LogP contribution in [0.25, 0.3) is 11.3 Å². The van der Waals surface area contributed by atoms with Crippen LogP contribution in [0.15, 0.2) is 84.1 Å². The Morgan fingerprint density at radius 1 is 1.03 bits per heavy atom. The third-order valence-corrected chi connectivity index (χ3v) is 7.08. The Morgan fingerprint density at radius 2 is 1.82 bits per heavy atom. The van der Waals surface area contributed by atoms with Crippen molar-refractivity contribution < 1.29 is 4.74 Å². The van der Waals surface area contributed by atoms with Gasteiger partial charge in [-0.15, -0.1) is 0 Å². The molecule has 1 aliphatic carbocycles. The minimum atomic E-state index is 0.261. The van der Waals surface area contributed by atoms with Crippen LogP contribution < -0.4 is 4.74 Å². The lowest BCUT2D eigenvalue weighted by atomic mass is 9.83. The van der Waals surface area contributed by atoms with E-state index in [2.05, 4.69) is 119 Å². The highest BCUT2D eigenvalue weighted by atomic mass is 16.5. The Labute approximate surface area is 205 Å². The molecule has 34 heavy (non-hydrogen) atoms. The van der Waals surface area contributed by atoms with Gasteiger partial charge in [0.25, 0.3) is 0 Å². The smallest absolute Gasteiger partial charge is 0.122 e. The average Bonchev–Trinajstić information content (AvgIpc) is 2.83. The molecule has 2 atom stereocenters. The lowest BCUT2D eigenvalue weighted by Gasteiger charge is -2.33. The molecule has 2 aromatic rings. The summed E-state index contributed by atoms with van der Waals surface area (Å²) in [6.07, 6.45) is 14.9.